The molecule has 4 aromatic rings. The van der Waals surface area contributed by atoms with Crippen molar-refractivity contribution < 1.29 is 13.2 Å². The summed E-state index contributed by atoms with van der Waals surface area (Å²) in [4.78, 5) is 0.251. The van der Waals surface area contributed by atoms with Gasteiger partial charge in [-0.3, -0.25) is 0 Å². The summed E-state index contributed by atoms with van der Waals surface area (Å²) in [5.41, 5.74) is 1.49. The minimum Gasteiger partial charge on any atom is -0.496 e. The molecule has 0 radical (unpaired) electrons. The van der Waals surface area contributed by atoms with Gasteiger partial charge >= 0.3 is 0 Å². The van der Waals surface area contributed by atoms with Gasteiger partial charge in [0.25, 0.3) is 0 Å². The molecule has 3 nitrogen and oxygen atoms in total. The monoisotopic (exact) mass is 570 g/mol. The van der Waals surface area contributed by atoms with Crippen LogP contribution in [0.3, 0.4) is 0 Å². The van der Waals surface area contributed by atoms with Gasteiger partial charge in [0.15, 0.2) is 0 Å². The molecule has 0 spiro atoms. The maximum atomic E-state index is 12.9. The van der Waals surface area contributed by atoms with Gasteiger partial charge < -0.3 is 4.74 Å². The van der Waals surface area contributed by atoms with Crippen molar-refractivity contribution in [3.05, 3.63) is 60.7 Å². The zero-order valence-electron chi connectivity index (χ0n) is 20.8. The fourth-order valence-corrected chi connectivity index (χ4v) is 8.28. The second-order valence-corrected chi connectivity index (χ2v) is 24.9. The molecule has 0 amide bonds. The first-order valence-corrected chi connectivity index (χ1v) is 21.7. The Balaban J connectivity index is 2.17. The van der Waals surface area contributed by atoms with E-state index in [1.54, 1.807) is 13.2 Å². The molecule has 0 saturated heterocycles. The maximum absolute atomic E-state index is 12.9. The van der Waals surface area contributed by atoms with Crippen LogP contribution in [0, 0.1) is 0 Å². The Morgan fingerprint density at radius 3 is 1.59 bits per heavy atom. The van der Waals surface area contributed by atoms with E-state index in [4.69, 9.17) is 4.74 Å². The van der Waals surface area contributed by atoms with Gasteiger partial charge in [0.1, 0.15) is 5.75 Å². The number of ether oxygens (including phenoxy) is 1. The van der Waals surface area contributed by atoms with Crippen molar-refractivity contribution in [2.45, 2.75) is 44.2 Å². The van der Waals surface area contributed by atoms with Gasteiger partial charge in [-0.1, -0.05) is 98.2 Å². The molecular formula is C27H31BrO3SSi2. The summed E-state index contributed by atoms with van der Waals surface area (Å²) in [6.45, 7) is 13.9. The molecule has 0 aliphatic rings. The minimum absolute atomic E-state index is 0.251. The topological polar surface area (TPSA) is 43.4 Å². The van der Waals surface area contributed by atoms with E-state index in [1.165, 1.54) is 10.4 Å². The van der Waals surface area contributed by atoms with Crippen molar-refractivity contribution in [1.82, 2.24) is 0 Å². The third-order valence-corrected chi connectivity index (χ3v) is 12.4. The zero-order chi connectivity index (χ0) is 25.1. The molecule has 0 bridgehead atoms. The van der Waals surface area contributed by atoms with E-state index in [-0.39, 0.29) is 4.90 Å². The van der Waals surface area contributed by atoms with Crippen LogP contribution in [0.1, 0.15) is 0 Å². The summed E-state index contributed by atoms with van der Waals surface area (Å²) < 4.78 is 31.6. The van der Waals surface area contributed by atoms with Gasteiger partial charge in [0.05, 0.1) is 43.0 Å². The van der Waals surface area contributed by atoms with Crippen LogP contribution in [0.25, 0.3) is 32.7 Å². The third-order valence-electron chi connectivity index (χ3n) is 6.43. The van der Waals surface area contributed by atoms with Crippen LogP contribution < -0.4 is 15.1 Å². The van der Waals surface area contributed by atoms with Crippen molar-refractivity contribution in [2.75, 3.05) is 7.11 Å². The standard InChI is InChI=1S/C27H31BrO3SSi2/c1-31-24-14-8-18-16-20(33(2,3)4)10-12-22(18)26(24)27-23-13-11-21(34(5,6)7)17-19(23)9-15-25(27)32(28,29)30/h8-17H,1-7H3. The molecule has 0 aliphatic heterocycles. The molecule has 0 aromatic heterocycles. The first kappa shape index (κ1) is 25.2. The molecule has 4 rings (SSSR count). The number of rotatable bonds is 5. The molecule has 178 valence electrons. The lowest BCUT2D eigenvalue weighted by Crippen LogP contribution is -2.37. The van der Waals surface area contributed by atoms with Crippen LogP contribution in [0.15, 0.2) is 65.6 Å². The molecule has 0 N–H and O–H groups in total. The fourth-order valence-electron chi connectivity index (χ4n) is 4.44. The van der Waals surface area contributed by atoms with Crippen molar-refractivity contribution in [3.8, 4) is 16.9 Å². The van der Waals surface area contributed by atoms with Gasteiger partial charge in [0.2, 0.25) is 8.27 Å². The van der Waals surface area contributed by atoms with Crippen molar-refractivity contribution in [2.24, 2.45) is 0 Å². The molecule has 0 unspecified atom stereocenters. The Labute approximate surface area is 212 Å². The first-order chi connectivity index (χ1) is 15.7. The van der Waals surface area contributed by atoms with E-state index < -0.39 is 24.4 Å². The highest BCUT2D eigenvalue weighted by Crippen LogP contribution is 2.44. The van der Waals surface area contributed by atoms with Crippen molar-refractivity contribution in [1.29, 1.82) is 0 Å². The molecule has 0 fully saturated rings. The quantitative estimate of drug-likeness (QED) is 0.195. The van der Waals surface area contributed by atoms with Crippen molar-refractivity contribution >= 4 is 71.1 Å². The predicted molar refractivity (Wildman–Crippen MR) is 156 cm³/mol. The summed E-state index contributed by atoms with van der Waals surface area (Å²) in [5.74, 6) is 0.660. The summed E-state index contributed by atoms with van der Waals surface area (Å²) in [6.07, 6.45) is 0. The molecular weight excluding hydrogens is 540 g/mol. The molecule has 0 saturated carbocycles. The molecule has 0 heterocycles. The van der Waals surface area contributed by atoms with Crippen LogP contribution in [0.5, 0.6) is 5.75 Å². The largest absolute Gasteiger partial charge is 0.496 e. The summed E-state index contributed by atoms with van der Waals surface area (Å²) in [5, 5.41) is 6.72. The zero-order valence-corrected chi connectivity index (χ0v) is 25.2. The van der Waals surface area contributed by atoms with Gasteiger partial charge in [-0.05, 0) is 33.7 Å². The first-order valence-electron chi connectivity index (χ1n) is 11.4. The van der Waals surface area contributed by atoms with E-state index >= 15 is 0 Å². The van der Waals surface area contributed by atoms with Crippen molar-refractivity contribution in [3.63, 3.8) is 0 Å². The molecule has 0 aliphatic carbocycles. The lowest BCUT2D eigenvalue weighted by atomic mass is 9.93. The number of methoxy groups -OCH3 is 1. The minimum atomic E-state index is -3.66. The van der Waals surface area contributed by atoms with E-state index in [9.17, 15) is 8.42 Å². The number of hydrogen-bond donors (Lipinski definition) is 0. The summed E-state index contributed by atoms with van der Waals surface area (Å²) in [7, 11) is -5.07. The Bertz CT molecular complexity index is 1530. The number of hydrogen-bond acceptors (Lipinski definition) is 3. The summed E-state index contributed by atoms with van der Waals surface area (Å²) >= 11 is 2.96. The van der Waals surface area contributed by atoms with E-state index in [0.717, 1.165) is 27.1 Å². The van der Waals surface area contributed by atoms with Gasteiger partial charge in [0, 0.05) is 11.1 Å². The number of fused-ring (bicyclic) bond motifs is 2. The lowest BCUT2D eigenvalue weighted by Gasteiger charge is -2.21. The normalized spacial score (nSPS) is 12.9. The van der Waals surface area contributed by atoms with Crippen LogP contribution in [0.4, 0.5) is 0 Å². The van der Waals surface area contributed by atoms with Crippen LogP contribution in [-0.2, 0) is 8.27 Å². The van der Waals surface area contributed by atoms with Crippen LogP contribution in [0.2, 0.25) is 39.3 Å². The Morgan fingerprint density at radius 1 is 0.676 bits per heavy atom. The van der Waals surface area contributed by atoms with Crippen LogP contribution in [-0.4, -0.2) is 31.7 Å². The SMILES string of the molecule is COc1ccc2cc([Si](C)(C)C)ccc2c1-c1c(S(=O)(=O)Br)ccc2cc([Si](C)(C)C)ccc12. The number of benzene rings is 4. The molecule has 34 heavy (non-hydrogen) atoms. The lowest BCUT2D eigenvalue weighted by molar-refractivity contribution is 0.417. The highest BCUT2D eigenvalue weighted by atomic mass is 79.9. The molecule has 7 heteroatoms. The van der Waals surface area contributed by atoms with E-state index in [2.05, 4.69) is 96.6 Å². The maximum Gasteiger partial charge on any atom is 0.238 e. The Kier molecular flexibility index (Phi) is 6.38. The van der Waals surface area contributed by atoms with Gasteiger partial charge in [-0.25, -0.2) is 8.42 Å². The second kappa shape index (κ2) is 8.62. The highest BCUT2D eigenvalue weighted by Gasteiger charge is 2.25. The highest BCUT2D eigenvalue weighted by molar-refractivity contribution is 9.47. The average Bonchev–Trinajstić information content (AvgIpc) is 2.74. The third kappa shape index (κ3) is 4.63. The van der Waals surface area contributed by atoms with Crippen LogP contribution >= 0.6 is 14.8 Å². The van der Waals surface area contributed by atoms with Gasteiger partial charge in [-0.15, -0.1) is 0 Å². The average molecular weight is 572 g/mol. The van der Waals surface area contributed by atoms with E-state index in [1.807, 2.05) is 12.1 Å². The Morgan fingerprint density at radius 2 is 1.15 bits per heavy atom. The van der Waals surface area contributed by atoms with Gasteiger partial charge in [-0.2, -0.15) is 0 Å². The fraction of sp³-hybridized carbons (Fsp3) is 0.259. The Hall–Kier alpha value is -1.94. The number of halogens is 1. The molecule has 0 atom stereocenters. The smallest absolute Gasteiger partial charge is 0.238 e. The molecule has 4 aromatic carbocycles. The second-order valence-electron chi connectivity index (χ2n) is 10.9. The predicted octanol–water partition coefficient (Wildman–Crippen LogP) is 6.84. The van der Waals surface area contributed by atoms with E-state index in [0.29, 0.717) is 11.3 Å². The summed E-state index contributed by atoms with van der Waals surface area (Å²) in [6, 6.07) is 20.7.